The van der Waals surface area contributed by atoms with Crippen LogP contribution < -0.4 is 16.4 Å². The van der Waals surface area contributed by atoms with Gasteiger partial charge in [-0.15, -0.1) is 0 Å². The predicted octanol–water partition coefficient (Wildman–Crippen LogP) is -0.689. The molecule has 1 rings (SSSR count). The van der Waals surface area contributed by atoms with E-state index in [2.05, 4.69) is 10.6 Å². The van der Waals surface area contributed by atoms with E-state index in [1.54, 1.807) is 0 Å². The summed E-state index contributed by atoms with van der Waals surface area (Å²) >= 11 is 0. The minimum absolute atomic E-state index is 0.123. The average molecular weight is 293 g/mol. The standard InChI is InChI=1S/C14H19N3O4/c15-12(18)9-21-10-17-14(20)8-16-13(19)7-6-11-4-2-1-3-5-11/h1-5H,6-10H2,(H2,15,18)(H,16,19)(H,17,20). The van der Waals surface area contributed by atoms with Gasteiger partial charge in [0.05, 0.1) is 6.54 Å². The number of rotatable bonds is 9. The van der Waals surface area contributed by atoms with Crippen molar-refractivity contribution in [3.63, 3.8) is 0 Å². The maximum absolute atomic E-state index is 11.6. The minimum atomic E-state index is -0.613. The van der Waals surface area contributed by atoms with Gasteiger partial charge < -0.3 is 21.1 Å². The molecule has 0 saturated heterocycles. The number of nitrogens with two attached hydrogens (primary N) is 1. The Morgan fingerprint density at radius 2 is 1.76 bits per heavy atom. The smallest absolute Gasteiger partial charge is 0.243 e. The van der Waals surface area contributed by atoms with Crippen molar-refractivity contribution >= 4 is 17.7 Å². The number of carbonyl (C=O) groups is 3. The SMILES string of the molecule is NC(=O)COCNC(=O)CNC(=O)CCc1ccccc1. The Bertz CT molecular complexity index is 476. The zero-order chi connectivity index (χ0) is 15.5. The second-order valence-corrected chi connectivity index (χ2v) is 4.32. The van der Waals surface area contributed by atoms with Crippen LogP contribution in [0.1, 0.15) is 12.0 Å². The molecule has 21 heavy (non-hydrogen) atoms. The van der Waals surface area contributed by atoms with Gasteiger partial charge in [0, 0.05) is 6.42 Å². The van der Waals surface area contributed by atoms with Crippen molar-refractivity contribution < 1.29 is 19.1 Å². The van der Waals surface area contributed by atoms with E-state index in [0.29, 0.717) is 12.8 Å². The van der Waals surface area contributed by atoms with Gasteiger partial charge in [-0.1, -0.05) is 30.3 Å². The summed E-state index contributed by atoms with van der Waals surface area (Å²) in [7, 11) is 0. The Morgan fingerprint density at radius 3 is 2.43 bits per heavy atom. The molecule has 0 saturated carbocycles. The van der Waals surface area contributed by atoms with Gasteiger partial charge in [0.15, 0.2) is 0 Å². The van der Waals surface area contributed by atoms with Gasteiger partial charge in [-0.2, -0.15) is 0 Å². The van der Waals surface area contributed by atoms with Crippen LogP contribution in [0.3, 0.4) is 0 Å². The molecule has 0 atom stereocenters. The molecular weight excluding hydrogens is 274 g/mol. The Balaban J connectivity index is 2.09. The molecule has 0 aliphatic heterocycles. The van der Waals surface area contributed by atoms with Gasteiger partial charge >= 0.3 is 0 Å². The number of carbonyl (C=O) groups excluding carboxylic acids is 3. The summed E-state index contributed by atoms with van der Waals surface area (Å²) in [5.41, 5.74) is 5.92. The third-order valence-electron chi connectivity index (χ3n) is 2.55. The number of nitrogens with one attached hydrogen (secondary N) is 2. The molecule has 0 radical (unpaired) electrons. The lowest BCUT2D eigenvalue weighted by Gasteiger charge is -2.07. The van der Waals surface area contributed by atoms with E-state index >= 15 is 0 Å². The molecule has 1 aromatic rings. The molecule has 0 fully saturated rings. The summed E-state index contributed by atoms with van der Waals surface area (Å²) in [5.74, 6) is -1.21. The van der Waals surface area contributed by atoms with Crippen LogP contribution in [0.2, 0.25) is 0 Å². The topological polar surface area (TPSA) is 111 Å². The molecule has 0 aromatic heterocycles. The quantitative estimate of drug-likeness (QED) is 0.413. The van der Waals surface area contributed by atoms with Crippen molar-refractivity contribution in [2.75, 3.05) is 19.9 Å². The normalized spacial score (nSPS) is 9.90. The van der Waals surface area contributed by atoms with Crippen LogP contribution >= 0.6 is 0 Å². The summed E-state index contributed by atoms with van der Waals surface area (Å²) < 4.78 is 4.76. The number of hydrogen-bond acceptors (Lipinski definition) is 4. The number of benzene rings is 1. The predicted molar refractivity (Wildman–Crippen MR) is 75.9 cm³/mol. The molecule has 0 heterocycles. The maximum atomic E-state index is 11.6. The van der Waals surface area contributed by atoms with Crippen molar-refractivity contribution in [2.45, 2.75) is 12.8 Å². The summed E-state index contributed by atoms with van der Waals surface area (Å²) in [4.78, 5) is 33.3. The lowest BCUT2D eigenvalue weighted by molar-refractivity contribution is -0.128. The van der Waals surface area contributed by atoms with Crippen LogP contribution in [0.25, 0.3) is 0 Å². The van der Waals surface area contributed by atoms with Crippen LogP contribution in [-0.4, -0.2) is 37.6 Å². The van der Waals surface area contributed by atoms with Crippen molar-refractivity contribution in [2.24, 2.45) is 5.73 Å². The van der Waals surface area contributed by atoms with Crippen LogP contribution in [-0.2, 0) is 25.5 Å². The highest BCUT2D eigenvalue weighted by molar-refractivity contribution is 5.84. The van der Waals surface area contributed by atoms with Crippen LogP contribution in [0, 0.1) is 0 Å². The van der Waals surface area contributed by atoms with E-state index in [9.17, 15) is 14.4 Å². The van der Waals surface area contributed by atoms with Crippen molar-refractivity contribution in [1.82, 2.24) is 10.6 Å². The molecule has 0 aliphatic rings. The van der Waals surface area contributed by atoms with E-state index in [0.717, 1.165) is 5.56 Å². The number of ether oxygens (including phenoxy) is 1. The average Bonchev–Trinajstić information content (AvgIpc) is 2.48. The number of hydrogen-bond donors (Lipinski definition) is 3. The van der Waals surface area contributed by atoms with Crippen LogP contribution in [0.15, 0.2) is 30.3 Å². The Morgan fingerprint density at radius 1 is 1.05 bits per heavy atom. The minimum Gasteiger partial charge on any atom is -0.368 e. The molecule has 1 aromatic carbocycles. The third kappa shape index (κ3) is 8.38. The lowest BCUT2D eigenvalue weighted by atomic mass is 10.1. The number of aryl methyl sites for hydroxylation is 1. The van der Waals surface area contributed by atoms with Gasteiger partial charge in [0.1, 0.15) is 13.3 Å². The first-order valence-electron chi connectivity index (χ1n) is 6.51. The summed E-state index contributed by atoms with van der Waals surface area (Å²) in [5, 5.41) is 4.89. The highest BCUT2D eigenvalue weighted by Crippen LogP contribution is 2.01. The van der Waals surface area contributed by atoms with Crippen molar-refractivity contribution in [3.8, 4) is 0 Å². The molecule has 0 bridgehead atoms. The molecule has 0 unspecified atom stereocenters. The molecule has 0 spiro atoms. The first kappa shape index (κ1) is 16.6. The van der Waals surface area contributed by atoms with Crippen molar-refractivity contribution in [1.29, 1.82) is 0 Å². The Hall–Kier alpha value is -2.41. The van der Waals surface area contributed by atoms with Crippen LogP contribution in [0.5, 0.6) is 0 Å². The number of amides is 3. The van der Waals surface area contributed by atoms with E-state index in [4.69, 9.17) is 10.5 Å². The second kappa shape index (κ2) is 9.49. The van der Waals surface area contributed by atoms with Gasteiger partial charge in [0.25, 0.3) is 0 Å². The second-order valence-electron chi connectivity index (χ2n) is 4.32. The van der Waals surface area contributed by atoms with Crippen molar-refractivity contribution in [3.05, 3.63) is 35.9 Å². The largest absolute Gasteiger partial charge is 0.368 e. The van der Waals surface area contributed by atoms with Gasteiger partial charge in [-0.05, 0) is 12.0 Å². The van der Waals surface area contributed by atoms with E-state index in [1.807, 2.05) is 30.3 Å². The summed E-state index contributed by atoms with van der Waals surface area (Å²) in [6, 6.07) is 9.61. The monoisotopic (exact) mass is 293 g/mol. The zero-order valence-corrected chi connectivity index (χ0v) is 11.6. The summed E-state index contributed by atoms with van der Waals surface area (Å²) in [6.07, 6.45) is 0.936. The fourth-order valence-electron chi connectivity index (χ4n) is 1.52. The first-order chi connectivity index (χ1) is 10.1. The lowest BCUT2D eigenvalue weighted by Crippen LogP contribution is -2.38. The molecule has 114 valence electrons. The van der Waals surface area contributed by atoms with Crippen LogP contribution in [0.4, 0.5) is 0 Å². The first-order valence-corrected chi connectivity index (χ1v) is 6.51. The highest BCUT2D eigenvalue weighted by Gasteiger charge is 2.05. The fourth-order valence-corrected chi connectivity index (χ4v) is 1.52. The highest BCUT2D eigenvalue weighted by atomic mass is 16.5. The van der Waals surface area contributed by atoms with E-state index in [-0.39, 0.29) is 25.8 Å². The molecule has 7 heteroatoms. The molecule has 4 N–H and O–H groups in total. The van der Waals surface area contributed by atoms with Gasteiger partial charge in [-0.25, -0.2) is 0 Å². The third-order valence-corrected chi connectivity index (χ3v) is 2.55. The Labute approximate surface area is 122 Å². The molecular formula is C14H19N3O4. The Kier molecular flexibility index (Phi) is 7.52. The molecule has 0 aliphatic carbocycles. The number of primary amides is 1. The maximum Gasteiger partial charge on any atom is 0.243 e. The molecule has 7 nitrogen and oxygen atoms in total. The molecule has 3 amide bonds. The van der Waals surface area contributed by atoms with Gasteiger partial charge in [0.2, 0.25) is 17.7 Å². The fraction of sp³-hybridized carbons (Fsp3) is 0.357. The zero-order valence-electron chi connectivity index (χ0n) is 11.6. The van der Waals surface area contributed by atoms with E-state index in [1.165, 1.54) is 0 Å². The van der Waals surface area contributed by atoms with Gasteiger partial charge in [-0.3, -0.25) is 14.4 Å². The summed E-state index contributed by atoms with van der Waals surface area (Å²) in [6.45, 7) is -0.515. The van der Waals surface area contributed by atoms with E-state index < -0.39 is 11.8 Å².